The molecule has 0 fully saturated rings. The molecule has 174 valence electrons. The Morgan fingerprint density at radius 2 is 1.91 bits per heavy atom. The SMILES string of the molecule is CC(C)(Cc1cccc(C(=O)NCCc2ccccc2O)c1)NC[C@@H](O)c1ccc(N)nc1. The predicted octanol–water partition coefficient (Wildman–Crippen LogP) is 2.99. The number of aromatic nitrogens is 1. The van der Waals surface area contributed by atoms with Crippen molar-refractivity contribution in [3.8, 4) is 5.75 Å². The zero-order chi connectivity index (χ0) is 23.8. The minimum atomic E-state index is -0.696. The molecule has 0 aliphatic carbocycles. The van der Waals surface area contributed by atoms with Crippen molar-refractivity contribution in [1.82, 2.24) is 15.6 Å². The van der Waals surface area contributed by atoms with Gasteiger partial charge in [-0.15, -0.1) is 0 Å². The highest BCUT2D eigenvalue weighted by atomic mass is 16.3. The minimum Gasteiger partial charge on any atom is -0.508 e. The number of amides is 1. The highest BCUT2D eigenvalue weighted by Crippen LogP contribution is 2.18. The summed E-state index contributed by atoms with van der Waals surface area (Å²) >= 11 is 0. The van der Waals surface area contributed by atoms with E-state index in [1.54, 1.807) is 36.5 Å². The molecule has 0 aliphatic heterocycles. The van der Waals surface area contributed by atoms with Gasteiger partial charge < -0.3 is 26.6 Å². The summed E-state index contributed by atoms with van der Waals surface area (Å²) in [6, 6.07) is 18.1. The fraction of sp³-hybridized carbons (Fsp3) is 0.308. The first-order chi connectivity index (χ1) is 15.7. The van der Waals surface area contributed by atoms with Gasteiger partial charge in [0.15, 0.2) is 0 Å². The van der Waals surface area contributed by atoms with Crippen LogP contribution in [0.15, 0.2) is 66.9 Å². The largest absolute Gasteiger partial charge is 0.508 e. The van der Waals surface area contributed by atoms with Gasteiger partial charge in [-0.1, -0.05) is 36.4 Å². The maximum atomic E-state index is 12.6. The van der Waals surface area contributed by atoms with E-state index in [1.807, 2.05) is 30.3 Å². The molecule has 6 N–H and O–H groups in total. The summed E-state index contributed by atoms with van der Waals surface area (Å²) in [4.78, 5) is 16.6. The van der Waals surface area contributed by atoms with Crippen LogP contribution in [0.1, 0.15) is 47.0 Å². The number of aromatic hydroxyl groups is 1. The number of carbonyl (C=O) groups is 1. The number of nitrogens with one attached hydrogen (secondary N) is 2. The molecule has 0 radical (unpaired) electrons. The van der Waals surface area contributed by atoms with Crippen LogP contribution < -0.4 is 16.4 Å². The summed E-state index contributed by atoms with van der Waals surface area (Å²) < 4.78 is 0. The molecule has 1 aromatic heterocycles. The van der Waals surface area contributed by atoms with E-state index < -0.39 is 6.10 Å². The lowest BCUT2D eigenvalue weighted by atomic mass is 9.93. The molecule has 0 bridgehead atoms. The van der Waals surface area contributed by atoms with Crippen molar-refractivity contribution in [2.75, 3.05) is 18.8 Å². The molecular formula is C26H32N4O3. The van der Waals surface area contributed by atoms with E-state index in [-0.39, 0.29) is 17.2 Å². The van der Waals surface area contributed by atoms with E-state index in [9.17, 15) is 15.0 Å². The van der Waals surface area contributed by atoms with E-state index in [0.717, 1.165) is 11.1 Å². The monoisotopic (exact) mass is 448 g/mol. The lowest BCUT2D eigenvalue weighted by molar-refractivity contribution is 0.0954. The van der Waals surface area contributed by atoms with E-state index in [4.69, 9.17) is 5.73 Å². The standard InChI is InChI=1S/C26H32N4O3/c1-26(2,30-17-23(32)21-10-11-24(27)29-16-21)15-18-6-5-8-20(14-18)25(33)28-13-12-19-7-3-4-9-22(19)31/h3-11,14,16,23,30-32H,12-13,15,17H2,1-2H3,(H2,27,29)(H,28,33)/t23-/m1/s1. The van der Waals surface area contributed by atoms with Crippen LogP contribution in [0.4, 0.5) is 5.82 Å². The quantitative estimate of drug-likeness (QED) is 0.325. The zero-order valence-corrected chi connectivity index (χ0v) is 19.1. The van der Waals surface area contributed by atoms with Crippen molar-refractivity contribution in [1.29, 1.82) is 0 Å². The van der Waals surface area contributed by atoms with Gasteiger partial charge in [0.1, 0.15) is 11.6 Å². The Kier molecular flexibility index (Phi) is 8.03. The molecule has 0 unspecified atom stereocenters. The fourth-order valence-corrected chi connectivity index (χ4v) is 3.64. The van der Waals surface area contributed by atoms with Crippen LogP contribution in [0.2, 0.25) is 0 Å². The second-order valence-corrected chi connectivity index (χ2v) is 8.81. The van der Waals surface area contributed by atoms with Crippen LogP contribution in [-0.4, -0.2) is 39.7 Å². The van der Waals surface area contributed by atoms with Gasteiger partial charge in [0.2, 0.25) is 0 Å². The van der Waals surface area contributed by atoms with Crippen molar-refractivity contribution < 1.29 is 15.0 Å². The number of para-hydroxylation sites is 1. The molecule has 1 atom stereocenters. The first-order valence-electron chi connectivity index (χ1n) is 11.0. The number of nitrogens with two attached hydrogens (primary N) is 1. The van der Waals surface area contributed by atoms with Crippen LogP contribution in [0.25, 0.3) is 0 Å². The maximum Gasteiger partial charge on any atom is 0.251 e. The van der Waals surface area contributed by atoms with Gasteiger partial charge in [0, 0.05) is 36.0 Å². The van der Waals surface area contributed by atoms with Crippen LogP contribution >= 0.6 is 0 Å². The number of carbonyl (C=O) groups excluding carboxylic acids is 1. The van der Waals surface area contributed by atoms with Crippen LogP contribution in [0.5, 0.6) is 5.75 Å². The molecule has 0 saturated carbocycles. The minimum absolute atomic E-state index is 0.149. The topological polar surface area (TPSA) is 120 Å². The summed E-state index contributed by atoms with van der Waals surface area (Å²) in [5, 5.41) is 26.6. The van der Waals surface area contributed by atoms with Gasteiger partial charge in [0.25, 0.3) is 5.91 Å². The average molecular weight is 449 g/mol. The molecule has 0 aliphatic rings. The number of pyridine rings is 1. The van der Waals surface area contributed by atoms with Gasteiger partial charge in [0.05, 0.1) is 6.10 Å². The Morgan fingerprint density at radius 3 is 2.64 bits per heavy atom. The second-order valence-electron chi connectivity index (χ2n) is 8.81. The third kappa shape index (κ3) is 7.30. The Labute approximate surface area is 194 Å². The van der Waals surface area contributed by atoms with Crippen LogP contribution in [-0.2, 0) is 12.8 Å². The number of aliphatic hydroxyl groups excluding tert-OH is 1. The molecule has 3 rings (SSSR count). The highest BCUT2D eigenvalue weighted by Gasteiger charge is 2.20. The number of phenolic OH excluding ortho intramolecular Hbond substituents is 1. The van der Waals surface area contributed by atoms with E-state index in [2.05, 4.69) is 29.5 Å². The fourth-order valence-electron chi connectivity index (χ4n) is 3.64. The molecule has 0 spiro atoms. The number of hydrogen-bond donors (Lipinski definition) is 5. The van der Waals surface area contributed by atoms with E-state index >= 15 is 0 Å². The number of β-amino-alcohol motifs (C(OH)–C–C–N with tert-alkyl or cyclic N) is 1. The average Bonchev–Trinajstić information content (AvgIpc) is 2.79. The number of phenols is 1. The first-order valence-corrected chi connectivity index (χ1v) is 11.0. The molecular weight excluding hydrogens is 416 g/mol. The Hall–Kier alpha value is -3.42. The van der Waals surface area contributed by atoms with Crippen molar-refractivity contribution in [3.05, 3.63) is 89.1 Å². The second kappa shape index (κ2) is 10.9. The molecule has 7 heteroatoms. The van der Waals surface area contributed by atoms with Crippen LogP contribution in [0, 0.1) is 0 Å². The Bertz CT molecular complexity index is 1070. The summed E-state index contributed by atoms with van der Waals surface area (Å²) in [6.45, 7) is 4.91. The molecule has 3 aromatic rings. The number of rotatable bonds is 10. The number of nitrogens with zero attached hydrogens (tertiary/aromatic N) is 1. The normalized spacial score (nSPS) is 12.3. The Morgan fingerprint density at radius 1 is 1.12 bits per heavy atom. The van der Waals surface area contributed by atoms with Gasteiger partial charge >= 0.3 is 0 Å². The zero-order valence-electron chi connectivity index (χ0n) is 19.1. The lowest BCUT2D eigenvalue weighted by Gasteiger charge is -2.28. The maximum absolute atomic E-state index is 12.6. The third-order valence-electron chi connectivity index (χ3n) is 5.47. The molecule has 1 amide bonds. The number of anilines is 1. The molecule has 2 aromatic carbocycles. The smallest absolute Gasteiger partial charge is 0.251 e. The first kappa shape index (κ1) is 24.2. The van der Waals surface area contributed by atoms with Gasteiger partial charge in [-0.25, -0.2) is 4.98 Å². The molecule has 0 saturated heterocycles. The van der Waals surface area contributed by atoms with Crippen LogP contribution in [0.3, 0.4) is 0 Å². The summed E-state index contributed by atoms with van der Waals surface area (Å²) in [5.74, 6) is 0.506. The summed E-state index contributed by atoms with van der Waals surface area (Å²) in [7, 11) is 0. The van der Waals surface area contributed by atoms with Crippen molar-refractivity contribution in [2.45, 2.75) is 38.3 Å². The number of benzene rings is 2. The van der Waals surface area contributed by atoms with Crippen molar-refractivity contribution >= 4 is 11.7 Å². The molecule has 1 heterocycles. The number of nitrogen functional groups attached to an aromatic ring is 1. The molecule has 7 nitrogen and oxygen atoms in total. The van der Waals surface area contributed by atoms with Gasteiger partial charge in [-0.3, -0.25) is 4.79 Å². The van der Waals surface area contributed by atoms with Crippen molar-refractivity contribution in [3.63, 3.8) is 0 Å². The number of aliphatic hydroxyl groups is 1. The Balaban J connectivity index is 1.52. The van der Waals surface area contributed by atoms with Gasteiger partial charge in [-0.2, -0.15) is 0 Å². The van der Waals surface area contributed by atoms with E-state index in [0.29, 0.717) is 42.9 Å². The van der Waals surface area contributed by atoms with E-state index in [1.165, 1.54) is 0 Å². The van der Waals surface area contributed by atoms with Gasteiger partial charge in [-0.05, 0) is 62.1 Å². The van der Waals surface area contributed by atoms with Crippen molar-refractivity contribution in [2.24, 2.45) is 0 Å². The molecule has 33 heavy (non-hydrogen) atoms. The highest BCUT2D eigenvalue weighted by molar-refractivity contribution is 5.94. The summed E-state index contributed by atoms with van der Waals surface area (Å²) in [6.07, 6.45) is 2.12. The third-order valence-corrected chi connectivity index (χ3v) is 5.47. The predicted molar refractivity (Wildman–Crippen MR) is 130 cm³/mol. The lowest BCUT2D eigenvalue weighted by Crippen LogP contribution is -2.43. The summed E-state index contributed by atoms with van der Waals surface area (Å²) in [5.41, 5.74) is 8.41. The number of hydrogen-bond acceptors (Lipinski definition) is 6.